The van der Waals surface area contributed by atoms with Crippen LogP contribution in [-0.2, 0) is 9.63 Å². The number of hydroxylamine groups is 2. The first-order chi connectivity index (χ1) is 4.29. The fourth-order valence-corrected chi connectivity index (χ4v) is 0.746. The van der Waals surface area contributed by atoms with Gasteiger partial charge in [-0.25, -0.2) is 0 Å². The van der Waals surface area contributed by atoms with Crippen molar-refractivity contribution in [3.63, 3.8) is 0 Å². The molecule has 4 heteroatoms. The van der Waals surface area contributed by atoms with Crippen LogP contribution in [0.25, 0.3) is 0 Å². The zero-order valence-corrected chi connectivity index (χ0v) is 5.39. The van der Waals surface area contributed by atoms with Crippen molar-refractivity contribution in [2.75, 3.05) is 19.8 Å². The second-order valence-electron chi connectivity index (χ2n) is 1.95. The molecule has 0 radical (unpaired) electrons. The molecule has 1 heterocycles. The van der Waals surface area contributed by atoms with Crippen LogP contribution in [0.1, 0.15) is 6.92 Å². The van der Waals surface area contributed by atoms with Gasteiger partial charge in [-0.1, -0.05) is 0 Å². The summed E-state index contributed by atoms with van der Waals surface area (Å²) in [6.45, 7) is 3.74. The first-order valence-electron chi connectivity index (χ1n) is 2.93. The minimum absolute atomic E-state index is 0.251. The highest BCUT2D eigenvalue weighted by molar-refractivity contribution is 5.65. The van der Waals surface area contributed by atoms with Gasteiger partial charge in [-0.15, -0.1) is 5.06 Å². The Morgan fingerprint density at radius 3 is 3.00 bits per heavy atom. The van der Waals surface area contributed by atoms with Crippen LogP contribution in [0, 0.1) is 0 Å². The summed E-state index contributed by atoms with van der Waals surface area (Å²) in [5.41, 5.74) is 0. The number of nitrogens with one attached hydrogen (secondary N) is 1. The lowest BCUT2D eigenvalue weighted by molar-refractivity contribution is -0.182. The Bertz CT molecular complexity index is 110. The van der Waals surface area contributed by atoms with Gasteiger partial charge in [-0.2, -0.15) is 0 Å². The maximum atomic E-state index is 10.3. The van der Waals surface area contributed by atoms with Crippen LogP contribution in [0.3, 0.4) is 0 Å². The highest BCUT2D eigenvalue weighted by Gasteiger charge is 2.12. The molecule has 1 aliphatic heterocycles. The van der Waals surface area contributed by atoms with Crippen molar-refractivity contribution in [1.82, 2.24) is 10.4 Å². The molecule has 1 aliphatic rings. The van der Waals surface area contributed by atoms with Crippen LogP contribution in [0.5, 0.6) is 0 Å². The maximum Gasteiger partial charge on any atom is 0.322 e. The lowest BCUT2D eigenvalue weighted by Crippen LogP contribution is -2.24. The third-order valence-electron chi connectivity index (χ3n) is 1.08. The monoisotopic (exact) mass is 130 g/mol. The topological polar surface area (TPSA) is 41.6 Å². The molecule has 1 saturated heterocycles. The van der Waals surface area contributed by atoms with Crippen LogP contribution in [0.15, 0.2) is 0 Å². The predicted octanol–water partition coefficient (Wildman–Crippen LogP) is -0.673. The van der Waals surface area contributed by atoms with E-state index in [9.17, 15) is 4.79 Å². The molecule has 52 valence electrons. The molecule has 1 N–H and O–H groups in total. The Balaban J connectivity index is 2.19. The van der Waals surface area contributed by atoms with Gasteiger partial charge in [-0.05, 0) is 0 Å². The number of carbonyl (C=O) groups excluding carboxylic acids is 1. The quantitative estimate of drug-likeness (QED) is 0.511. The van der Waals surface area contributed by atoms with E-state index in [1.165, 1.54) is 6.92 Å². The summed E-state index contributed by atoms with van der Waals surface area (Å²) in [5, 5.41) is 4.63. The molecule has 0 aromatic heterocycles. The molecular weight excluding hydrogens is 120 g/mol. The Morgan fingerprint density at radius 2 is 2.56 bits per heavy atom. The van der Waals surface area contributed by atoms with Crippen LogP contribution >= 0.6 is 0 Å². The molecule has 0 saturated carbocycles. The molecular formula is C5H10N2O2. The molecule has 1 rings (SSSR count). The summed E-state index contributed by atoms with van der Waals surface area (Å²) in [7, 11) is 0. The molecule has 0 atom stereocenters. The summed E-state index contributed by atoms with van der Waals surface area (Å²) < 4.78 is 0. The Kier molecular flexibility index (Phi) is 2.02. The molecule has 0 spiro atoms. The maximum absolute atomic E-state index is 10.3. The number of rotatable bonds is 1. The molecule has 1 fully saturated rings. The SMILES string of the molecule is CC(=O)ON1CCNC1. The summed E-state index contributed by atoms with van der Waals surface area (Å²) in [5.74, 6) is -0.251. The lowest BCUT2D eigenvalue weighted by Gasteiger charge is -2.10. The number of hydrogen-bond donors (Lipinski definition) is 1. The third-order valence-corrected chi connectivity index (χ3v) is 1.08. The van der Waals surface area contributed by atoms with Crippen LogP contribution in [-0.4, -0.2) is 30.8 Å². The summed E-state index contributed by atoms with van der Waals surface area (Å²) in [4.78, 5) is 15.1. The fourth-order valence-electron chi connectivity index (χ4n) is 0.746. The van der Waals surface area contributed by atoms with Gasteiger partial charge in [0.15, 0.2) is 0 Å². The van der Waals surface area contributed by atoms with Crippen LogP contribution in [0.2, 0.25) is 0 Å². The average Bonchev–Trinajstić information content (AvgIpc) is 2.15. The van der Waals surface area contributed by atoms with Gasteiger partial charge < -0.3 is 10.2 Å². The van der Waals surface area contributed by atoms with E-state index < -0.39 is 0 Å². The lowest BCUT2D eigenvalue weighted by atomic mass is 10.7. The zero-order chi connectivity index (χ0) is 6.69. The van der Waals surface area contributed by atoms with Crippen LogP contribution < -0.4 is 5.32 Å². The van der Waals surface area contributed by atoms with E-state index in [0.717, 1.165) is 13.1 Å². The largest absolute Gasteiger partial charge is 0.367 e. The van der Waals surface area contributed by atoms with Crippen LogP contribution in [0.4, 0.5) is 0 Å². The van der Waals surface area contributed by atoms with E-state index in [-0.39, 0.29) is 5.97 Å². The number of hydrogen-bond acceptors (Lipinski definition) is 4. The molecule has 0 amide bonds. The van der Waals surface area contributed by atoms with E-state index >= 15 is 0 Å². The van der Waals surface area contributed by atoms with E-state index in [2.05, 4.69) is 5.32 Å². The first-order valence-corrected chi connectivity index (χ1v) is 2.93. The molecule has 0 bridgehead atoms. The number of nitrogens with zero attached hydrogens (tertiary/aromatic N) is 1. The molecule has 9 heavy (non-hydrogen) atoms. The minimum Gasteiger partial charge on any atom is -0.367 e. The van der Waals surface area contributed by atoms with Crippen molar-refractivity contribution in [3.8, 4) is 0 Å². The fraction of sp³-hybridized carbons (Fsp3) is 0.800. The van der Waals surface area contributed by atoms with Gasteiger partial charge in [0.2, 0.25) is 0 Å². The van der Waals surface area contributed by atoms with E-state index in [1.54, 1.807) is 5.06 Å². The van der Waals surface area contributed by atoms with Gasteiger partial charge in [0, 0.05) is 20.0 Å². The summed E-state index contributed by atoms with van der Waals surface area (Å²) in [6.07, 6.45) is 0. The Labute approximate surface area is 53.7 Å². The van der Waals surface area contributed by atoms with Crippen molar-refractivity contribution in [2.45, 2.75) is 6.92 Å². The molecule has 0 aliphatic carbocycles. The normalized spacial score (nSPS) is 20.1. The van der Waals surface area contributed by atoms with E-state index in [1.807, 2.05) is 0 Å². The van der Waals surface area contributed by atoms with Crippen molar-refractivity contribution < 1.29 is 9.63 Å². The summed E-state index contributed by atoms with van der Waals surface area (Å²) in [6, 6.07) is 0. The van der Waals surface area contributed by atoms with Crippen molar-refractivity contribution in [3.05, 3.63) is 0 Å². The highest BCUT2D eigenvalue weighted by atomic mass is 16.7. The average molecular weight is 130 g/mol. The Morgan fingerprint density at radius 1 is 1.78 bits per heavy atom. The van der Waals surface area contributed by atoms with Crippen molar-refractivity contribution >= 4 is 5.97 Å². The van der Waals surface area contributed by atoms with Gasteiger partial charge in [0.1, 0.15) is 0 Å². The second kappa shape index (κ2) is 2.80. The molecule has 0 aromatic rings. The predicted molar refractivity (Wildman–Crippen MR) is 31.3 cm³/mol. The minimum atomic E-state index is -0.251. The van der Waals surface area contributed by atoms with Crippen molar-refractivity contribution in [1.29, 1.82) is 0 Å². The van der Waals surface area contributed by atoms with Crippen molar-refractivity contribution in [2.24, 2.45) is 0 Å². The van der Waals surface area contributed by atoms with Gasteiger partial charge in [0.05, 0.1) is 6.67 Å². The third kappa shape index (κ3) is 1.99. The smallest absolute Gasteiger partial charge is 0.322 e. The summed E-state index contributed by atoms with van der Waals surface area (Å²) >= 11 is 0. The van der Waals surface area contributed by atoms with Gasteiger partial charge >= 0.3 is 5.97 Å². The number of carbonyl (C=O) groups is 1. The van der Waals surface area contributed by atoms with Gasteiger partial charge in [0.25, 0.3) is 0 Å². The zero-order valence-electron chi connectivity index (χ0n) is 5.39. The standard InChI is InChI=1S/C5H10N2O2/c1-5(8)9-7-3-2-6-4-7/h6H,2-4H2,1H3. The highest BCUT2D eigenvalue weighted by Crippen LogP contribution is 1.92. The van der Waals surface area contributed by atoms with E-state index in [0.29, 0.717) is 6.67 Å². The first kappa shape index (κ1) is 6.51. The second-order valence-corrected chi connectivity index (χ2v) is 1.95. The molecule has 0 aromatic carbocycles. The van der Waals surface area contributed by atoms with Gasteiger partial charge in [-0.3, -0.25) is 4.79 Å². The molecule has 4 nitrogen and oxygen atoms in total. The Hall–Kier alpha value is -0.610. The molecule has 0 unspecified atom stereocenters. The van der Waals surface area contributed by atoms with E-state index in [4.69, 9.17) is 4.84 Å².